The smallest absolute Gasteiger partial charge is 0.357 e. The Kier molecular flexibility index (Phi) is 5.88. The number of imidazole rings is 1. The molecule has 0 radical (unpaired) electrons. The van der Waals surface area contributed by atoms with E-state index < -0.39 is 11.7 Å². The fourth-order valence-electron chi connectivity index (χ4n) is 3.62. The fourth-order valence-corrected chi connectivity index (χ4v) is 3.62. The highest BCUT2D eigenvalue weighted by Gasteiger charge is 2.31. The van der Waals surface area contributed by atoms with Crippen LogP contribution in [0.25, 0.3) is 5.82 Å². The van der Waals surface area contributed by atoms with Crippen LogP contribution in [-0.2, 0) is 17.5 Å². The van der Waals surface area contributed by atoms with Gasteiger partial charge in [-0.3, -0.25) is 9.36 Å². The molecule has 0 unspecified atom stereocenters. The number of hydrogen-bond acceptors (Lipinski definition) is 5. The molecule has 3 aromatic rings. The third kappa shape index (κ3) is 4.84. The Morgan fingerprint density at radius 3 is 2.58 bits per heavy atom. The summed E-state index contributed by atoms with van der Waals surface area (Å²) < 4.78 is 39.9. The number of amides is 1. The maximum atomic E-state index is 12.7. The first kappa shape index (κ1) is 20.8. The second-order valence-corrected chi connectivity index (χ2v) is 7.34. The molecule has 3 aromatic heterocycles. The number of rotatable bonds is 5. The van der Waals surface area contributed by atoms with Crippen molar-refractivity contribution in [3.05, 3.63) is 66.5 Å². The zero-order chi connectivity index (χ0) is 21.8. The minimum absolute atomic E-state index is 0.0412. The highest BCUT2D eigenvalue weighted by atomic mass is 19.4. The Morgan fingerprint density at radius 1 is 1.13 bits per heavy atom. The van der Waals surface area contributed by atoms with Crippen LogP contribution >= 0.6 is 0 Å². The van der Waals surface area contributed by atoms with Crippen molar-refractivity contribution < 1.29 is 18.0 Å². The molecule has 1 saturated heterocycles. The third-order valence-electron chi connectivity index (χ3n) is 5.33. The molecule has 10 heteroatoms. The van der Waals surface area contributed by atoms with Crippen molar-refractivity contribution in [1.29, 1.82) is 0 Å². The first-order valence-electron chi connectivity index (χ1n) is 9.90. The predicted octanol–water partition coefficient (Wildman–Crippen LogP) is 3.21. The lowest BCUT2D eigenvalue weighted by molar-refractivity contribution is -0.137. The van der Waals surface area contributed by atoms with Gasteiger partial charge in [0, 0.05) is 55.9 Å². The van der Waals surface area contributed by atoms with Crippen LogP contribution in [0.1, 0.15) is 24.0 Å². The van der Waals surface area contributed by atoms with E-state index >= 15 is 0 Å². The number of carbonyl (C=O) groups excluding carboxylic acids is 1. The van der Waals surface area contributed by atoms with Gasteiger partial charge in [-0.05, 0) is 31.0 Å². The monoisotopic (exact) mass is 430 g/mol. The summed E-state index contributed by atoms with van der Waals surface area (Å²) in [5.74, 6) is 1.01. The van der Waals surface area contributed by atoms with E-state index in [1.807, 2.05) is 17.0 Å². The molecular formula is C21H21F3N6O. The molecule has 31 heavy (non-hydrogen) atoms. The number of hydrogen-bond donors (Lipinski definition) is 1. The lowest BCUT2D eigenvalue weighted by atomic mass is 9.95. The molecule has 1 aliphatic rings. The number of anilines is 1. The first-order valence-corrected chi connectivity index (χ1v) is 9.90. The van der Waals surface area contributed by atoms with Crippen LogP contribution in [0.2, 0.25) is 0 Å². The van der Waals surface area contributed by atoms with Gasteiger partial charge in [0.1, 0.15) is 18.0 Å². The van der Waals surface area contributed by atoms with Gasteiger partial charge >= 0.3 is 6.18 Å². The molecule has 1 N–H and O–H groups in total. The summed E-state index contributed by atoms with van der Waals surface area (Å²) >= 11 is 0. The van der Waals surface area contributed by atoms with Crippen LogP contribution in [-0.4, -0.2) is 38.5 Å². The van der Waals surface area contributed by atoms with E-state index in [-0.39, 0.29) is 11.8 Å². The zero-order valence-corrected chi connectivity index (χ0v) is 16.6. The molecular weight excluding hydrogens is 409 g/mol. The number of piperidine rings is 1. The summed E-state index contributed by atoms with van der Waals surface area (Å²) in [4.78, 5) is 26.9. The summed E-state index contributed by atoms with van der Waals surface area (Å²) in [5, 5.41) is 2.98. The van der Waals surface area contributed by atoms with Gasteiger partial charge < -0.3 is 10.2 Å². The van der Waals surface area contributed by atoms with E-state index in [1.165, 1.54) is 6.07 Å². The second kappa shape index (κ2) is 8.75. The Hall–Kier alpha value is -3.43. The molecule has 0 bridgehead atoms. The van der Waals surface area contributed by atoms with E-state index in [9.17, 15) is 18.0 Å². The molecule has 4 rings (SSSR count). The van der Waals surface area contributed by atoms with Crippen molar-refractivity contribution in [2.45, 2.75) is 25.6 Å². The van der Waals surface area contributed by atoms with Crippen molar-refractivity contribution in [2.24, 2.45) is 5.92 Å². The van der Waals surface area contributed by atoms with E-state index in [0.717, 1.165) is 17.8 Å². The number of carbonyl (C=O) groups is 1. The van der Waals surface area contributed by atoms with Crippen molar-refractivity contribution in [1.82, 2.24) is 24.8 Å². The Labute approximate surface area is 177 Å². The molecule has 1 aliphatic heterocycles. The Morgan fingerprint density at radius 2 is 1.94 bits per heavy atom. The van der Waals surface area contributed by atoms with E-state index in [4.69, 9.17) is 0 Å². The second-order valence-electron chi connectivity index (χ2n) is 7.34. The van der Waals surface area contributed by atoms with E-state index in [1.54, 1.807) is 29.5 Å². The number of alkyl halides is 3. The molecule has 162 valence electrons. The quantitative estimate of drug-likeness (QED) is 0.673. The molecule has 0 atom stereocenters. The summed E-state index contributed by atoms with van der Waals surface area (Å²) in [6.45, 7) is 1.47. The van der Waals surface area contributed by atoms with E-state index in [0.29, 0.717) is 44.1 Å². The molecule has 1 fully saturated rings. The van der Waals surface area contributed by atoms with Crippen molar-refractivity contribution >= 4 is 11.7 Å². The molecule has 0 aromatic carbocycles. The lowest BCUT2D eigenvalue weighted by Gasteiger charge is -2.32. The Bertz CT molecular complexity index is 1010. The maximum absolute atomic E-state index is 12.7. The van der Waals surface area contributed by atoms with Crippen LogP contribution in [0.4, 0.5) is 19.0 Å². The van der Waals surface area contributed by atoms with Gasteiger partial charge in [-0.1, -0.05) is 6.07 Å². The lowest BCUT2D eigenvalue weighted by Crippen LogP contribution is -2.40. The summed E-state index contributed by atoms with van der Waals surface area (Å²) in [6.07, 6.45) is 4.45. The highest BCUT2D eigenvalue weighted by Crippen LogP contribution is 2.30. The van der Waals surface area contributed by atoms with Crippen LogP contribution in [0.5, 0.6) is 0 Å². The summed E-state index contributed by atoms with van der Waals surface area (Å²) in [6, 6.07) is 6.13. The van der Waals surface area contributed by atoms with Crippen LogP contribution < -0.4 is 10.2 Å². The minimum atomic E-state index is -4.40. The van der Waals surface area contributed by atoms with Gasteiger partial charge in [-0.25, -0.2) is 15.0 Å². The summed E-state index contributed by atoms with van der Waals surface area (Å²) in [5.41, 5.74) is 0.108. The highest BCUT2D eigenvalue weighted by molar-refractivity contribution is 5.79. The van der Waals surface area contributed by atoms with Crippen molar-refractivity contribution in [3.63, 3.8) is 0 Å². The van der Waals surface area contributed by atoms with E-state index in [2.05, 4.69) is 20.3 Å². The molecule has 4 heterocycles. The van der Waals surface area contributed by atoms with Gasteiger partial charge in [0.15, 0.2) is 0 Å². The van der Waals surface area contributed by atoms with Gasteiger partial charge in [0.05, 0.1) is 5.56 Å². The molecule has 0 saturated carbocycles. The van der Waals surface area contributed by atoms with Gasteiger partial charge in [-0.15, -0.1) is 0 Å². The number of nitrogens with one attached hydrogen (secondary N) is 1. The Balaban J connectivity index is 1.31. The number of nitrogens with zero attached hydrogens (tertiary/aromatic N) is 5. The number of aromatic nitrogens is 4. The molecule has 1 amide bonds. The fraction of sp³-hybridized carbons (Fsp3) is 0.333. The van der Waals surface area contributed by atoms with Crippen molar-refractivity contribution in [2.75, 3.05) is 18.0 Å². The minimum Gasteiger partial charge on any atom is -0.357 e. The van der Waals surface area contributed by atoms with Gasteiger partial charge in [0.25, 0.3) is 0 Å². The van der Waals surface area contributed by atoms with Gasteiger partial charge in [-0.2, -0.15) is 13.2 Å². The first-order chi connectivity index (χ1) is 14.9. The standard InChI is InChI=1S/C21H21F3N6O/c22-21(23,24)17-3-4-18(27-13-17)29-9-5-15(6-10-29)20(31)28-12-16-2-1-7-26-19(16)30-11-8-25-14-30/h1-4,7-8,11,13-15H,5-6,9-10,12H2,(H,28,31). The largest absolute Gasteiger partial charge is 0.417 e. The average Bonchev–Trinajstić information content (AvgIpc) is 3.32. The van der Waals surface area contributed by atoms with Crippen LogP contribution in [0.15, 0.2) is 55.4 Å². The predicted molar refractivity (Wildman–Crippen MR) is 107 cm³/mol. The van der Waals surface area contributed by atoms with Gasteiger partial charge in [0.2, 0.25) is 5.91 Å². The third-order valence-corrected chi connectivity index (χ3v) is 5.33. The van der Waals surface area contributed by atoms with Crippen LogP contribution in [0.3, 0.4) is 0 Å². The summed E-state index contributed by atoms with van der Waals surface area (Å²) in [7, 11) is 0. The average molecular weight is 430 g/mol. The normalized spacial score (nSPS) is 15.1. The molecule has 0 aliphatic carbocycles. The SMILES string of the molecule is O=C(NCc1cccnc1-n1ccnc1)C1CCN(c2ccc(C(F)(F)F)cn2)CC1. The number of pyridine rings is 2. The van der Waals surface area contributed by atoms with Crippen LogP contribution in [0, 0.1) is 5.92 Å². The maximum Gasteiger partial charge on any atom is 0.417 e. The topological polar surface area (TPSA) is 75.9 Å². The molecule has 7 nitrogen and oxygen atoms in total. The zero-order valence-electron chi connectivity index (χ0n) is 16.6. The number of halogens is 3. The molecule has 0 spiro atoms. The van der Waals surface area contributed by atoms with Crippen molar-refractivity contribution in [3.8, 4) is 5.82 Å².